The van der Waals surface area contributed by atoms with Crippen LogP contribution in [0.2, 0.25) is 0 Å². The van der Waals surface area contributed by atoms with E-state index in [0.717, 1.165) is 36.5 Å². The summed E-state index contributed by atoms with van der Waals surface area (Å²) in [6.45, 7) is 8.34. The maximum Gasteiger partial charge on any atom is 0.119 e. The topological polar surface area (TPSA) is 27.1 Å². The van der Waals surface area contributed by atoms with Crippen molar-refractivity contribution in [1.29, 1.82) is 0 Å². The van der Waals surface area contributed by atoms with Gasteiger partial charge in [0.05, 0.1) is 17.6 Å². The first kappa shape index (κ1) is 23.2. The monoisotopic (exact) mass is 462 g/mol. The Labute approximate surface area is 208 Å². The van der Waals surface area contributed by atoms with Gasteiger partial charge >= 0.3 is 0 Å². The van der Waals surface area contributed by atoms with Crippen molar-refractivity contribution in [3.63, 3.8) is 0 Å². The Morgan fingerprint density at radius 1 is 0.800 bits per heavy atom. The number of aromatic nitrogens is 2. The zero-order chi connectivity index (χ0) is 24.2. The Kier molecular flexibility index (Phi) is 6.85. The zero-order valence-electron chi connectivity index (χ0n) is 20.9. The largest absolute Gasteiger partial charge is 0.494 e. The second-order valence-corrected chi connectivity index (χ2v) is 9.88. The first-order valence-electron chi connectivity index (χ1n) is 12.7. The second kappa shape index (κ2) is 10.4. The molecule has 0 aliphatic heterocycles. The number of hydrogen-bond acceptors (Lipinski definition) is 2. The number of para-hydroxylation sites is 2. The molecule has 0 spiro atoms. The van der Waals surface area contributed by atoms with E-state index in [1.807, 2.05) is 0 Å². The van der Waals surface area contributed by atoms with Gasteiger partial charge in [-0.15, -0.1) is 0 Å². The summed E-state index contributed by atoms with van der Waals surface area (Å²) in [5.74, 6) is 2.93. The van der Waals surface area contributed by atoms with Gasteiger partial charge < -0.3 is 9.30 Å². The van der Waals surface area contributed by atoms with E-state index in [2.05, 4.69) is 116 Å². The van der Waals surface area contributed by atoms with Crippen LogP contribution in [0.4, 0.5) is 0 Å². The highest BCUT2D eigenvalue weighted by Crippen LogP contribution is 2.28. The number of fused-ring (bicyclic) bond motifs is 2. The summed E-state index contributed by atoms with van der Waals surface area (Å²) in [5.41, 5.74) is 4.95. The molecule has 0 bridgehead atoms. The molecule has 0 amide bonds. The average molecular weight is 463 g/mol. The number of hydrogen-bond donors (Lipinski definition) is 0. The summed E-state index contributed by atoms with van der Waals surface area (Å²) in [4.78, 5) is 5.05. The normalized spacial score (nSPS) is 12.5. The molecule has 0 N–H and O–H groups in total. The van der Waals surface area contributed by atoms with Crippen LogP contribution < -0.4 is 4.74 Å². The number of ether oxygens (including phenoxy) is 1. The maximum atomic E-state index is 6.12. The van der Waals surface area contributed by atoms with E-state index < -0.39 is 0 Å². The van der Waals surface area contributed by atoms with Gasteiger partial charge in [0.2, 0.25) is 0 Å². The molecule has 1 heterocycles. The average Bonchev–Trinajstić information content (AvgIpc) is 3.25. The number of rotatable bonds is 9. The molecule has 1 atom stereocenters. The molecule has 3 heteroatoms. The maximum absolute atomic E-state index is 6.12. The Morgan fingerprint density at radius 3 is 2.34 bits per heavy atom. The molecule has 1 unspecified atom stereocenters. The first-order chi connectivity index (χ1) is 17.1. The SMILES string of the molecule is CC(C)Cc1ccc(C(C)c2nc3ccccc3n2CCCOc2ccc3ccccc3c2)cc1. The van der Waals surface area contributed by atoms with E-state index in [1.165, 1.54) is 27.4 Å². The van der Waals surface area contributed by atoms with Crippen molar-refractivity contribution in [2.75, 3.05) is 6.61 Å². The van der Waals surface area contributed by atoms with Crippen LogP contribution in [-0.2, 0) is 13.0 Å². The van der Waals surface area contributed by atoms with Crippen molar-refractivity contribution in [2.45, 2.75) is 46.1 Å². The minimum absolute atomic E-state index is 0.219. The summed E-state index contributed by atoms with van der Waals surface area (Å²) in [6.07, 6.45) is 2.03. The van der Waals surface area contributed by atoms with Gasteiger partial charge in [0.1, 0.15) is 11.6 Å². The molecule has 5 aromatic rings. The van der Waals surface area contributed by atoms with Crippen molar-refractivity contribution in [1.82, 2.24) is 9.55 Å². The van der Waals surface area contributed by atoms with E-state index in [-0.39, 0.29) is 5.92 Å². The molecule has 35 heavy (non-hydrogen) atoms. The first-order valence-corrected chi connectivity index (χ1v) is 12.7. The van der Waals surface area contributed by atoms with Crippen molar-refractivity contribution < 1.29 is 4.74 Å². The van der Waals surface area contributed by atoms with Crippen LogP contribution in [0, 0.1) is 5.92 Å². The van der Waals surface area contributed by atoms with E-state index >= 15 is 0 Å². The quantitative estimate of drug-likeness (QED) is 0.207. The molecule has 1 aromatic heterocycles. The lowest BCUT2D eigenvalue weighted by Gasteiger charge is -2.16. The summed E-state index contributed by atoms with van der Waals surface area (Å²) in [7, 11) is 0. The van der Waals surface area contributed by atoms with Crippen LogP contribution >= 0.6 is 0 Å². The van der Waals surface area contributed by atoms with E-state index in [9.17, 15) is 0 Å². The molecule has 0 aliphatic carbocycles. The minimum atomic E-state index is 0.219. The van der Waals surface area contributed by atoms with Crippen LogP contribution in [0.25, 0.3) is 21.8 Å². The number of nitrogens with zero attached hydrogens (tertiary/aromatic N) is 2. The van der Waals surface area contributed by atoms with Crippen LogP contribution in [0.3, 0.4) is 0 Å². The third-order valence-electron chi connectivity index (χ3n) is 6.71. The number of benzene rings is 4. The highest BCUT2D eigenvalue weighted by Gasteiger charge is 2.18. The van der Waals surface area contributed by atoms with Crippen molar-refractivity contribution >= 4 is 21.8 Å². The van der Waals surface area contributed by atoms with Crippen LogP contribution in [0.5, 0.6) is 5.75 Å². The molecule has 0 aliphatic rings. The van der Waals surface area contributed by atoms with Gasteiger partial charge in [-0.25, -0.2) is 4.98 Å². The van der Waals surface area contributed by atoms with Crippen molar-refractivity contribution in [3.8, 4) is 5.75 Å². The number of aryl methyl sites for hydroxylation is 1. The third-order valence-corrected chi connectivity index (χ3v) is 6.71. The van der Waals surface area contributed by atoms with Gasteiger partial charge in [-0.05, 0) is 64.9 Å². The Bertz CT molecular complexity index is 1420. The fourth-order valence-electron chi connectivity index (χ4n) is 4.89. The summed E-state index contributed by atoms with van der Waals surface area (Å²) < 4.78 is 8.50. The fraction of sp³-hybridized carbons (Fsp3) is 0.281. The Hall–Kier alpha value is -3.59. The van der Waals surface area contributed by atoms with Gasteiger partial charge in [-0.2, -0.15) is 0 Å². The summed E-state index contributed by atoms with van der Waals surface area (Å²) in [5, 5.41) is 2.45. The predicted octanol–water partition coefficient (Wildman–Crippen LogP) is 8.01. The zero-order valence-corrected chi connectivity index (χ0v) is 20.9. The minimum Gasteiger partial charge on any atom is -0.494 e. The molecule has 0 saturated heterocycles. The highest BCUT2D eigenvalue weighted by atomic mass is 16.5. The van der Waals surface area contributed by atoms with E-state index in [4.69, 9.17) is 9.72 Å². The van der Waals surface area contributed by atoms with Crippen molar-refractivity contribution in [2.24, 2.45) is 5.92 Å². The van der Waals surface area contributed by atoms with Crippen LogP contribution in [0.15, 0.2) is 91.0 Å². The molecule has 4 aromatic carbocycles. The molecule has 3 nitrogen and oxygen atoms in total. The molecule has 0 radical (unpaired) electrons. The molecule has 0 saturated carbocycles. The molecule has 178 valence electrons. The van der Waals surface area contributed by atoms with Gasteiger partial charge in [0, 0.05) is 12.5 Å². The van der Waals surface area contributed by atoms with Crippen molar-refractivity contribution in [3.05, 3.63) is 108 Å². The smallest absolute Gasteiger partial charge is 0.119 e. The van der Waals surface area contributed by atoms with E-state index in [0.29, 0.717) is 12.5 Å². The lowest BCUT2D eigenvalue weighted by Crippen LogP contribution is -2.11. The summed E-state index contributed by atoms with van der Waals surface area (Å²) in [6, 6.07) is 32.2. The molecule has 5 rings (SSSR count). The molecular formula is C32H34N2O. The third kappa shape index (κ3) is 5.24. The number of imidazole rings is 1. The van der Waals surface area contributed by atoms with Gasteiger partial charge in [-0.1, -0.05) is 87.5 Å². The summed E-state index contributed by atoms with van der Waals surface area (Å²) >= 11 is 0. The van der Waals surface area contributed by atoms with Crippen LogP contribution in [0.1, 0.15) is 50.1 Å². The Balaban J connectivity index is 1.31. The standard InChI is InChI=1S/C32H34N2O/c1-23(2)21-25-13-15-26(16-14-25)24(3)32-33-30-11-6-7-12-31(30)34(32)19-8-20-35-29-18-17-27-9-4-5-10-28(27)22-29/h4-7,9-18,22-24H,8,19-21H2,1-3H3. The van der Waals surface area contributed by atoms with Gasteiger partial charge in [-0.3, -0.25) is 0 Å². The highest BCUT2D eigenvalue weighted by molar-refractivity contribution is 5.83. The van der Waals surface area contributed by atoms with Crippen LogP contribution in [-0.4, -0.2) is 16.2 Å². The fourth-order valence-corrected chi connectivity index (χ4v) is 4.89. The lowest BCUT2D eigenvalue weighted by atomic mass is 9.96. The lowest BCUT2D eigenvalue weighted by molar-refractivity contribution is 0.302. The van der Waals surface area contributed by atoms with Gasteiger partial charge in [0.25, 0.3) is 0 Å². The molecular weight excluding hydrogens is 428 g/mol. The second-order valence-electron chi connectivity index (χ2n) is 9.88. The predicted molar refractivity (Wildman–Crippen MR) is 146 cm³/mol. The van der Waals surface area contributed by atoms with Gasteiger partial charge in [0.15, 0.2) is 0 Å². The van der Waals surface area contributed by atoms with E-state index in [1.54, 1.807) is 0 Å². The molecule has 0 fully saturated rings. The Morgan fingerprint density at radius 2 is 1.54 bits per heavy atom.